The molecule has 0 spiro atoms. The van der Waals surface area contributed by atoms with Crippen LogP contribution >= 0.6 is 35.7 Å². The molecule has 2 aliphatic heterocycles. The zero-order chi connectivity index (χ0) is 14.9. The molecule has 2 aliphatic rings. The summed E-state index contributed by atoms with van der Waals surface area (Å²) in [4.78, 5) is 26.7. The fourth-order valence-electron chi connectivity index (χ4n) is 1.82. The standard InChI is InChI=1S/C12H14N2O3S3/c1-7(5-8-13(2)3-4-19-8)10-11(17)14(6-9(15)16)12(18)20-10/h5H,3-4,6H2,1-2H3,(H,15,16)/b8-5+,10-7-. The number of thioether (sulfide) groups is 2. The number of carboxylic acid groups (broad SMARTS) is 1. The fourth-order valence-corrected chi connectivity index (χ4v) is 4.22. The van der Waals surface area contributed by atoms with Crippen molar-refractivity contribution in [1.82, 2.24) is 9.80 Å². The molecule has 2 heterocycles. The van der Waals surface area contributed by atoms with E-state index in [2.05, 4.69) is 4.90 Å². The number of aliphatic carboxylic acids is 1. The Labute approximate surface area is 131 Å². The van der Waals surface area contributed by atoms with Crippen LogP contribution in [-0.4, -0.2) is 57.0 Å². The van der Waals surface area contributed by atoms with Crippen LogP contribution in [0, 0.1) is 0 Å². The minimum Gasteiger partial charge on any atom is -0.480 e. The Morgan fingerprint density at radius 2 is 2.25 bits per heavy atom. The van der Waals surface area contributed by atoms with Gasteiger partial charge in [-0.3, -0.25) is 14.5 Å². The van der Waals surface area contributed by atoms with Gasteiger partial charge in [0.1, 0.15) is 10.9 Å². The molecule has 5 nitrogen and oxygen atoms in total. The van der Waals surface area contributed by atoms with Crippen LogP contribution in [-0.2, 0) is 9.59 Å². The topological polar surface area (TPSA) is 60.9 Å². The summed E-state index contributed by atoms with van der Waals surface area (Å²) < 4.78 is 0.303. The summed E-state index contributed by atoms with van der Waals surface area (Å²) >= 11 is 7.98. The van der Waals surface area contributed by atoms with Crippen molar-refractivity contribution in [3.63, 3.8) is 0 Å². The number of nitrogens with zero attached hydrogens (tertiary/aromatic N) is 2. The Bertz CT molecular complexity index is 542. The molecule has 108 valence electrons. The van der Waals surface area contributed by atoms with Crippen molar-refractivity contribution in [2.24, 2.45) is 0 Å². The number of rotatable bonds is 3. The Hall–Kier alpha value is -0.990. The highest BCUT2D eigenvalue weighted by molar-refractivity contribution is 8.26. The molecule has 2 fully saturated rings. The molecule has 0 unspecified atom stereocenters. The van der Waals surface area contributed by atoms with Crippen LogP contribution in [0.2, 0.25) is 0 Å². The largest absolute Gasteiger partial charge is 0.480 e. The lowest BCUT2D eigenvalue weighted by Crippen LogP contribution is -2.33. The molecule has 0 aromatic carbocycles. The molecule has 0 aromatic heterocycles. The molecule has 0 saturated carbocycles. The maximum atomic E-state index is 12.2. The van der Waals surface area contributed by atoms with Crippen LogP contribution in [0.3, 0.4) is 0 Å². The van der Waals surface area contributed by atoms with E-state index in [1.54, 1.807) is 11.8 Å². The predicted octanol–water partition coefficient (Wildman–Crippen LogP) is 1.73. The van der Waals surface area contributed by atoms with E-state index in [-0.39, 0.29) is 12.5 Å². The lowest BCUT2D eigenvalue weighted by molar-refractivity contribution is -0.140. The smallest absolute Gasteiger partial charge is 0.323 e. The third-order valence-electron chi connectivity index (χ3n) is 2.89. The second-order valence-corrected chi connectivity index (χ2v) is 7.18. The Balaban J connectivity index is 2.24. The number of carboxylic acids is 1. The van der Waals surface area contributed by atoms with Gasteiger partial charge in [-0.25, -0.2) is 0 Å². The molecular formula is C12H14N2O3S3. The summed E-state index contributed by atoms with van der Waals surface area (Å²) in [6, 6.07) is 0. The zero-order valence-corrected chi connectivity index (χ0v) is 13.5. The minimum absolute atomic E-state index is 0.303. The van der Waals surface area contributed by atoms with E-state index in [9.17, 15) is 9.59 Å². The van der Waals surface area contributed by atoms with E-state index in [4.69, 9.17) is 17.3 Å². The first kappa shape index (κ1) is 15.4. The van der Waals surface area contributed by atoms with Crippen molar-refractivity contribution in [3.8, 4) is 0 Å². The van der Waals surface area contributed by atoms with E-state index in [0.717, 1.165) is 27.8 Å². The Morgan fingerprint density at radius 1 is 1.55 bits per heavy atom. The third kappa shape index (κ3) is 3.18. The highest BCUT2D eigenvalue weighted by Crippen LogP contribution is 2.35. The summed E-state index contributed by atoms with van der Waals surface area (Å²) in [5, 5.41) is 9.91. The number of amides is 1. The van der Waals surface area contributed by atoms with Gasteiger partial charge in [0.2, 0.25) is 0 Å². The van der Waals surface area contributed by atoms with Gasteiger partial charge in [0.25, 0.3) is 5.91 Å². The molecule has 2 saturated heterocycles. The van der Waals surface area contributed by atoms with Gasteiger partial charge in [-0.15, -0.1) is 11.8 Å². The van der Waals surface area contributed by atoms with Gasteiger partial charge in [0.05, 0.1) is 9.93 Å². The molecule has 0 radical (unpaired) electrons. The lowest BCUT2D eigenvalue weighted by Gasteiger charge is -2.12. The van der Waals surface area contributed by atoms with Crippen molar-refractivity contribution >= 4 is 51.9 Å². The summed E-state index contributed by atoms with van der Waals surface area (Å²) in [7, 11) is 2.01. The molecule has 0 bridgehead atoms. The van der Waals surface area contributed by atoms with E-state index in [1.807, 2.05) is 20.0 Å². The summed E-state index contributed by atoms with van der Waals surface area (Å²) in [6.07, 6.45) is 1.96. The first-order valence-corrected chi connectivity index (χ1v) is 8.13. The normalized spacial score (nSPS) is 24.0. The van der Waals surface area contributed by atoms with Gasteiger partial charge in [-0.2, -0.15) is 0 Å². The molecule has 1 N–H and O–H groups in total. The Kier molecular flexibility index (Phi) is 4.77. The summed E-state index contributed by atoms with van der Waals surface area (Å²) in [5.41, 5.74) is 0.825. The number of allylic oxidation sites excluding steroid dienone is 2. The van der Waals surface area contributed by atoms with Crippen LogP contribution in [0.1, 0.15) is 6.92 Å². The summed E-state index contributed by atoms with van der Waals surface area (Å²) in [6.45, 7) is 2.46. The summed E-state index contributed by atoms with van der Waals surface area (Å²) in [5.74, 6) is -0.345. The van der Waals surface area contributed by atoms with Gasteiger partial charge in [-0.1, -0.05) is 24.0 Å². The molecule has 0 aromatic rings. The first-order valence-electron chi connectivity index (χ1n) is 5.92. The molecule has 0 atom stereocenters. The van der Waals surface area contributed by atoms with Gasteiger partial charge in [0, 0.05) is 19.3 Å². The van der Waals surface area contributed by atoms with Crippen molar-refractivity contribution in [1.29, 1.82) is 0 Å². The van der Waals surface area contributed by atoms with E-state index in [0.29, 0.717) is 9.23 Å². The number of thiocarbonyl (C=S) groups is 1. The van der Waals surface area contributed by atoms with E-state index >= 15 is 0 Å². The molecule has 0 aliphatic carbocycles. The highest BCUT2D eigenvalue weighted by Gasteiger charge is 2.34. The second-order valence-electron chi connectivity index (χ2n) is 4.42. The fraction of sp³-hybridized carbons (Fsp3) is 0.417. The molecule has 20 heavy (non-hydrogen) atoms. The first-order chi connectivity index (χ1) is 9.40. The predicted molar refractivity (Wildman–Crippen MR) is 85.4 cm³/mol. The molecule has 2 rings (SSSR count). The van der Waals surface area contributed by atoms with Crippen molar-refractivity contribution < 1.29 is 14.7 Å². The SMILES string of the molecule is CC(/C=C1/SCCN1C)=C1/SC(=S)N(CC(=O)O)C1=O. The van der Waals surface area contributed by atoms with Gasteiger partial charge in [-0.05, 0) is 18.6 Å². The number of hydrogen-bond acceptors (Lipinski definition) is 6. The van der Waals surface area contributed by atoms with Gasteiger partial charge < -0.3 is 10.0 Å². The minimum atomic E-state index is -1.07. The average Bonchev–Trinajstić information content (AvgIpc) is 2.88. The maximum absolute atomic E-state index is 12.2. The highest BCUT2D eigenvalue weighted by atomic mass is 32.2. The molecule has 1 amide bonds. The van der Waals surface area contributed by atoms with Crippen molar-refractivity contribution in [2.75, 3.05) is 25.9 Å². The zero-order valence-electron chi connectivity index (χ0n) is 11.1. The number of carbonyl (C=O) groups excluding carboxylic acids is 1. The van der Waals surface area contributed by atoms with Gasteiger partial charge in [0.15, 0.2) is 0 Å². The quantitative estimate of drug-likeness (QED) is 0.624. The maximum Gasteiger partial charge on any atom is 0.323 e. The van der Waals surface area contributed by atoms with Crippen molar-refractivity contribution in [3.05, 3.63) is 21.6 Å². The van der Waals surface area contributed by atoms with E-state index in [1.165, 1.54) is 11.8 Å². The van der Waals surface area contributed by atoms with Crippen LogP contribution in [0.4, 0.5) is 0 Å². The van der Waals surface area contributed by atoms with Crippen molar-refractivity contribution in [2.45, 2.75) is 6.92 Å². The third-order valence-corrected chi connectivity index (χ3v) is 5.57. The number of carbonyl (C=O) groups is 2. The Morgan fingerprint density at radius 3 is 2.80 bits per heavy atom. The van der Waals surface area contributed by atoms with Crippen LogP contribution < -0.4 is 0 Å². The average molecular weight is 330 g/mol. The van der Waals surface area contributed by atoms with Crippen LogP contribution in [0.15, 0.2) is 21.6 Å². The number of hydrogen-bond donors (Lipinski definition) is 1. The lowest BCUT2D eigenvalue weighted by atomic mass is 10.2. The second kappa shape index (κ2) is 6.19. The van der Waals surface area contributed by atoms with Crippen LogP contribution in [0.5, 0.6) is 0 Å². The van der Waals surface area contributed by atoms with E-state index < -0.39 is 5.97 Å². The molecular weight excluding hydrogens is 316 g/mol. The van der Waals surface area contributed by atoms with Gasteiger partial charge >= 0.3 is 5.97 Å². The monoisotopic (exact) mass is 330 g/mol. The molecule has 8 heteroatoms. The van der Waals surface area contributed by atoms with Crippen LogP contribution in [0.25, 0.3) is 0 Å².